The van der Waals surface area contributed by atoms with Gasteiger partial charge < -0.3 is 9.31 Å². The Kier molecular flexibility index (Phi) is 1.81. The summed E-state index contributed by atoms with van der Waals surface area (Å²) < 4.78 is 47.7. The van der Waals surface area contributed by atoms with Crippen LogP contribution in [0.2, 0.25) is 0 Å². The number of pyridine rings is 1. The third kappa shape index (κ3) is 1.74. The van der Waals surface area contributed by atoms with Crippen LogP contribution in [0.4, 0.5) is 4.39 Å². The largest absolute Gasteiger partial charge is 0.499 e. The van der Waals surface area contributed by atoms with Gasteiger partial charge in [0.15, 0.2) is 0 Å². The lowest BCUT2D eigenvalue weighted by atomic mass is 9.80. The fourth-order valence-corrected chi connectivity index (χ4v) is 1.40. The Balaban J connectivity index is 2.49. The molecule has 0 bridgehead atoms. The molecule has 2 heterocycles. The standard InChI is InChI=1S/C11H15BFNO2/c1-10(2)11(3,4)16-12(15-10)8-7-14-6-5-9(8)13/h5-7H,1-4H3/i5D,6D,7D. The number of aromatic nitrogens is 1. The zero-order valence-electron chi connectivity index (χ0n) is 12.7. The van der Waals surface area contributed by atoms with E-state index in [0.717, 1.165) is 0 Å². The number of nitrogens with zero attached hydrogens (tertiary/aromatic N) is 1. The van der Waals surface area contributed by atoms with Crippen LogP contribution >= 0.6 is 0 Å². The summed E-state index contributed by atoms with van der Waals surface area (Å²) in [5, 5.41) is 0. The van der Waals surface area contributed by atoms with E-state index in [-0.39, 0.29) is 5.46 Å². The van der Waals surface area contributed by atoms with E-state index < -0.39 is 42.5 Å². The van der Waals surface area contributed by atoms with Gasteiger partial charge in [-0.05, 0) is 33.7 Å². The first-order valence-corrected chi connectivity index (χ1v) is 5.05. The molecule has 0 saturated carbocycles. The van der Waals surface area contributed by atoms with Crippen molar-refractivity contribution < 1.29 is 17.8 Å². The summed E-state index contributed by atoms with van der Waals surface area (Å²) >= 11 is 0. The fraction of sp³-hybridized carbons (Fsp3) is 0.545. The second kappa shape index (κ2) is 3.53. The van der Waals surface area contributed by atoms with Gasteiger partial charge in [0, 0.05) is 17.8 Å². The van der Waals surface area contributed by atoms with Gasteiger partial charge in [-0.2, -0.15) is 0 Å². The maximum atomic E-state index is 14.1. The van der Waals surface area contributed by atoms with Crippen LogP contribution in [0.3, 0.4) is 0 Å². The van der Waals surface area contributed by atoms with E-state index in [1.165, 1.54) is 0 Å². The highest BCUT2D eigenvalue weighted by atomic mass is 19.1. The lowest BCUT2D eigenvalue weighted by Crippen LogP contribution is -2.41. The third-order valence-electron chi connectivity index (χ3n) is 3.12. The molecular formula is C11H15BFNO2. The van der Waals surface area contributed by atoms with Crippen molar-refractivity contribution in [3.8, 4) is 0 Å². The Morgan fingerprint density at radius 2 is 1.88 bits per heavy atom. The molecule has 16 heavy (non-hydrogen) atoms. The van der Waals surface area contributed by atoms with Gasteiger partial charge in [0.1, 0.15) is 5.82 Å². The molecule has 0 aliphatic carbocycles. The highest BCUT2D eigenvalue weighted by Crippen LogP contribution is 2.36. The molecule has 0 spiro atoms. The second-order valence-corrected chi connectivity index (χ2v) is 4.78. The van der Waals surface area contributed by atoms with Gasteiger partial charge in [-0.3, -0.25) is 4.98 Å². The summed E-state index contributed by atoms with van der Waals surface area (Å²) in [5.41, 5.74) is -1.56. The number of halogens is 1. The molecule has 1 aliphatic heterocycles. The predicted molar refractivity (Wildman–Crippen MR) is 59.9 cm³/mol. The SMILES string of the molecule is [2H]c1nc([2H])c(B2OC(C)(C)C(C)(C)O2)c(F)c1[2H]. The van der Waals surface area contributed by atoms with E-state index in [1.54, 1.807) is 0 Å². The van der Waals surface area contributed by atoms with E-state index in [0.29, 0.717) is 0 Å². The Bertz CT molecular complexity index is 523. The van der Waals surface area contributed by atoms with E-state index in [1.807, 2.05) is 27.7 Å². The van der Waals surface area contributed by atoms with Gasteiger partial charge in [0.25, 0.3) is 0 Å². The van der Waals surface area contributed by atoms with Crippen molar-refractivity contribution in [2.24, 2.45) is 0 Å². The normalized spacial score (nSPS) is 25.1. The maximum absolute atomic E-state index is 14.1. The number of rotatable bonds is 1. The number of hydrogen-bond donors (Lipinski definition) is 0. The van der Waals surface area contributed by atoms with Crippen molar-refractivity contribution in [1.82, 2.24) is 4.98 Å². The molecule has 1 aromatic rings. The van der Waals surface area contributed by atoms with Crippen LogP contribution in [0.1, 0.15) is 31.8 Å². The molecule has 5 heteroatoms. The van der Waals surface area contributed by atoms with E-state index in [4.69, 9.17) is 13.4 Å². The Morgan fingerprint density at radius 1 is 1.31 bits per heavy atom. The van der Waals surface area contributed by atoms with E-state index in [9.17, 15) is 4.39 Å². The highest BCUT2D eigenvalue weighted by Gasteiger charge is 2.52. The van der Waals surface area contributed by atoms with Gasteiger partial charge in [-0.25, -0.2) is 4.39 Å². The van der Waals surface area contributed by atoms with Crippen LogP contribution in [-0.2, 0) is 9.31 Å². The first-order chi connectivity index (χ1) is 8.57. The van der Waals surface area contributed by atoms with Crippen molar-refractivity contribution in [3.05, 3.63) is 24.2 Å². The van der Waals surface area contributed by atoms with Gasteiger partial charge >= 0.3 is 7.12 Å². The topological polar surface area (TPSA) is 31.4 Å². The van der Waals surface area contributed by atoms with Crippen LogP contribution in [0, 0.1) is 5.82 Å². The van der Waals surface area contributed by atoms with E-state index >= 15 is 0 Å². The molecule has 0 unspecified atom stereocenters. The number of hydrogen-bond acceptors (Lipinski definition) is 3. The first-order valence-electron chi connectivity index (χ1n) is 6.55. The van der Waals surface area contributed by atoms with Gasteiger partial charge in [-0.1, -0.05) is 0 Å². The molecule has 0 N–H and O–H groups in total. The Labute approximate surface area is 99.3 Å². The average molecular weight is 226 g/mol. The molecule has 1 aliphatic rings. The molecule has 0 aromatic carbocycles. The summed E-state index contributed by atoms with van der Waals surface area (Å²) in [6.45, 7) is 7.23. The van der Waals surface area contributed by atoms with Gasteiger partial charge in [0.05, 0.1) is 15.3 Å². The Morgan fingerprint density at radius 3 is 2.44 bits per heavy atom. The zero-order chi connectivity index (χ0) is 14.6. The van der Waals surface area contributed by atoms with Crippen LogP contribution in [0.15, 0.2) is 18.4 Å². The summed E-state index contributed by atoms with van der Waals surface area (Å²) in [6.07, 6.45) is -1.00. The minimum absolute atomic E-state index is 0.223. The maximum Gasteiger partial charge on any atom is 0.499 e. The van der Waals surface area contributed by atoms with Crippen LogP contribution in [0.5, 0.6) is 0 Å². The predicted octanol–water partition coefficient (Wildman–Crippen LogP) is 1.52. The minimum Gasteiger partial charge on any atom is -0.399 e. The quantitative estimate of drug-likeness (QED) is 0.680. The van der Waals surface area contributed by atoms with Crippen molar-refractivity contribution in [1.29, 1.82) is 0 Å². The molecule has 1 saturated heterocycles. The first kappa shape index (κ1) is 8.20. The molecule has 3 nitrogen and oxygen atoms in total. The third-order valence-corrected chi connectivity index (χ3v) is 3.12. The molecule has 1 aromatic heterocycles. The fourth-order valence-electron chi connectivity index (χ4n) is 1.40. The smallest absolute Gasteiger partial charge is 0.399 e. The van der Waals surface area contributed by atoms with Crippen LogP contribution in [-0.4, -0.2) is 23.3 Å². The monoisotopic (exact) mass is 226 g/mol. The summed E-state index contributed by atoms with van der Waals surface area (Å²) in [5.74, 6) is -0.983. The van der Waals surface area contributed by atoms with Crippen molar-refractivity contribution in [2.45, 2.75) is 38.9 Å². The molecule has 86 valence electrons. The molecule has 0 radical (unpaired) electrons. The molecular weight excluding hydrogens is 208 g/mol. The van der Waals surface area contributed by atoms with Crippen LogP contribution in [0.25, 0.3) is 0 Å². The summed E-state index contributed by atoms with van der Waals surface area (Å²) in [4.78, 5) is 3.52. The highest BCUT2D eigenvalue weighted by molar-refractivity contribution is 6.62. The summed E-state index contributed by atoms with van der Waals surface area (Å²) in [7, 11) is -1.09. The zero-order valence-corrected chi connectivity index (χ0v) is 9.72. The summed E-state index contributed by atoms with van der Waals surface area (Å²) in [6, 6.07) is -0.652. The lowest BCUT2D eigenvalue weighted by Gasteiger charge is -2.32. The van der Waals surface area contributed by atoms with Gasteiger partial charge in [-0.15, -0.1) is 0 Å². The second-order valence-electron chi connectivity index (χ2n) is 4.78. The molecule has 0 amide bonds. The van der Waals surface area contributed by atoms with E-state index in [2.05, 4.69) is 4.98 Å². The average Bonchev–Trinajstić information content (AvgIpc) is 2.44. The van der Waals surface area contributed by atoms with Crippen molar-refractivity contribution in [2.75, 3.05) is 0 Å². The molecule has 0 atom stereocenters. The minimum atomic E-state index is -1.09. The van der Waals surface area contributed by atoms with Crippen LogP contribution < -0.4 is 5.46 Å². The molecule has 1 fully saturated rings. The molecule has 2 rings (SSSR count). The van der Waals surface area contributed by atoms with Gasteiger partial charge in [0.2, 0.25) is 0 Å². The Hall–Kier alpha value is -0.935. The van der Waals surface area contributed by atoms with Crippen molar-refractivity contribution in [3.63, 3.8) is 0 Å². The van der Waals surface area contributed by atoms with Crippen molar-refractivity contribution >= 4 is 12.6 Å². The lowest BCUT2D eigenvalue weighted by molar-refractivity contribution is 0.00578.